The van der Waals surface area contributed by atoms with Gasteiger partial charge in [-0.2, -0.15) is 0 Å². The van der Waals surface area contributed by atoms with E-state index in [4.69, 9.17) is 4.74 Å². The summed E-state index contributed by atoms with van der Waals surface area (Å²) in [6.07, 6.45) is 4.98. The Kier molecular flexibility index (Phi) is 7.67. The van der Waals surface area contributed by atoms with Gasteiger partial charge in [0.05, 0.1) is 6.61 Å². The van der Waals surface area contributed by atoms with E-state index < -0.39 is 0 Å². The van der Waals surface area contributed by atoms with E-state index in [9.17, 15) is 4.79 Å². The number of hydrogen-bond donors (Lipinski definition) is 1. The molecule has 0 fully saturated rings. The van der Waals surface area contributed by atoms with Crippen LogP contribution in [0.4, 0.5) is 16.2 Å². The van der Waals surface area contributed by atoms with Crippen LogP contribution in [0.25, 0.3) is 6.08 Å². The molecule has 2 amide bonds. The van der Waals surface area contributed by atoms with Gasteiger partial charge >= 0.3 is 6.03 Å². The zero-order valence-electron chi connectivity index (χ0n) is 17.5. The Bertz CT molecular complexity index is 949. The first-order valence-corrected chi connectivity index (χ1v) is 10.3. The summed E-state index contributed by atoms with van der Waals surface area (Å²) in [6.45, 7) is 5.12. The molecule has 154 valence electrons. The lowest BCUT2D eigenvalue weighted by molar-refractivity contribution is 0.257. The first-order chi connectivity index (χ1) is 14.7. The van der Waals surface area contributed by atoms with Gasteiger partial charge in [-0.3, -0.25) is 4.90 Å². The lowest BCUT2D eigenvalue weighted by Crippen LogP contribution is -2.35. The van der Waals surface area contributed by atoms with E-state index in [1.807, 2.05) is 97.9 Å². The Morgan fingerprint density at radius 1 is 0.933 bits per heavy atom. The molecule has 4 nitrogen and oxygen atoms in total. The molecule has 4 heteroatoms. The second-order valence-electron chi connectivity index (χ2n) is 6.83. The smallest absolute Gasteiger partial charge is 0.326 e. The van der Waals surface area contributed by atoms with Crippen LogP contribution in [0.2, 0.25) is 0 Å². The SMILES string of the molecule is CCOc1ccc(N(C/C=C/c2ccccc2)C(=O)Nc2ccc(CC)cc2)cc1. The van der Waals surface area contributed by atoms with Crippen LogP contribution in [0.5, 0.6) is 5.75 Å². The van der Waals surface area contributed by atoms with E-state index in [0.717, 1.165) is 29.1 Å². The van der Waals surface area contributed by atoms with Gasteiger partial charge in [-0.15, -0.1) is 0 Å². The maximum absolute atomic E-state index is 13.1. The fourth-order valence-corrected chi connectivity index (χ4v) is 3.07. The van der Waals surface area contributed by atoms with E-state index in [0.29, 0.717) is 13.2 Å². The molecule has 0 atom stereocenters. The quantitative estimate of drug-likeness (QED) is 0.475. The van der Waals surface area contributed by atoms with Crippen LogP contribution in [-0.4, -0.2) is 19.2 Å². The standard InChI is InChI=1S/C26H28N2O2/c1-3-21-12-14-23(15-13-21)27-26(29)28(20-8-11-22-9-6-5-7-10-22)24-16-18-25(19-17-24)30-4-2/h5-19H,3-4,20H2,1-2H3,(H,27,29)/b11-8+. The maximum Gasteiger partial charge on any atom is 0.326 e. The van der Waals surface area contributed by atoms with Crippen molar-refractivity contribution in [2.24, 2.45) is 0 Å². The molecule has 0 radical (unpaired) electrons. The average molecular weight is 401 g/mol. The molecule has 0 aliphatic carbocycles. The van der Waals surface area contributed by atoms with Crippen LogP contribution < -0.4 is 15.0 Å². The van der Waals surface area contributed by atoms with Gasteiger partial charge in [-0.05, 0) is 60.9 Å². The number of nitrogens with one attached hydrogen (secondary N) is 1. The zero-order chi connectivity index (χ0) is 21.2. The summed E-state index contributed by atoms with van der Waals surface area (Å²) in [5.74, 6) is 0.789. The van der Waals surface area contributed by atoms with Gasteiger partial charge in [0.2, 0.25) is 0 Å². The van der Waals surface area contributed by atoms with Crippen LogP contribution in [0.1, 0.15) is 25.0 Å². The molecule has 0 spiro atoms. The minimum absolute atomic E-state index is 0.180. The Morgan fingerprint density at radius 2 is 1.63 bits per heavy atom. The van der Waals surface area contributed by atoms with Crippen molar-refractivity contribution in [1.82, 2.24) is 0 Å². The van der Waals surface area contributed by atoms with Crippen LogP contribution in [0, 0.1) is 0 Å². The molecule has 0 aliphatic rings. The summed E-state index contributed by atoms with van der Waals surface area (Å²) < 4.78 is 5.52. The van der Waals surface area contributed by atoms with E-state index >= 15 is 0 Å². The van der Waals surface area contributed by atoms with E-state index in [1.165, 1.54) is 5.56 Å². The molecule has 0 aliphatic heterocycles. The predicted octanol–water partition coefficient (Wildman–Crippen LogP) is 6.40. The van der Waals surface area contributed by atoms with Crippen LogP contribution in [0.3, 0.4) is 0 Å². The molecule has 1 N–H and O–H groups in total. The molecule has 0 unspecified atom stereocenters. The Morgan fingerprint density at radius 3 is 2.27 bits per heavy atom. The molecule has 3 aromatic rings. The summed E-state index contributed by atoms with van der Waals surface area (Å²) in [4.78, 5) is 14.8. The van der Waals surface area contributed by atoms with Crippen LogP contribution in [-0.2, 0) is 6.42 Å². The zero-order valence-corrected chi connectivity index (χ0v) is 17.5. The Balaban J connectivity index is 1.77. The summed E-state index contributed by atoms with van der Waals surface area (Å²) >= 11 is 0. The van der Waals surface area contributed by atoms with Crippen molar-refractivity contribution in [3.05, 3.63) is 96.1 Å². The Labute approximate surface area is 178 Å². The number of amides is 2. The van der Waals surface area contributed by atoms with Crippen LogP contribution in [0.15, 0.2) is 84.9 Å². The van der Waals surface area contributed by atoms with Gasteiger partial charge in [0.1, 0.15) is 5.75 Å². The number of ether oxygens (including phenoxy) is 1. The predicted molar refractivity (Wildman–Crippen MR) is 125 cm³/mol. The van der Waals surface area contributed by atoms with Crippen molar-refractivity contribution in [2.75, 3.05) is 23.4 Å². The third kappa shape index (κ3) is 5.98. The number of hydrogen-bond acceptors (Lipinski definition) is 2. The molecule has 0 saturated heterocycles. The van der Waals surface area contributed by atoms with Gasteiger partial charge in [0.15, 0.2) is 0 Å². The highest BCUT2D eigenvalue weighted by atomic mass is 16.5. The molecule has 30 heavy (non-hydrogen) atoms. The first-order valence-electron chi connectivity index (χ1n) is 10.3. The number of carbonyl (C=O) groups is 1. The largest absolute Gasteiger partial charge is 0.494 e. The summed E-state index contributed by atoms with van der Waals surface area (Å²) in [7, 11) is 0. The highest BCUT2D eigenvalue weighted by Gasteiger charge is 2.15. The molecule has 0 heterocycles. The number of anilines is 2. The number of urea groups is 1. The Hall–Kier alpha value is -3.53. The summed E-state index contributed by atoms with van der Waals surface area (Å²) in [6, 6.07) is 25.4. The van der Waals surface area contributed by atoms with Crippen LogP contribution >= 0.6 is 0 Å². The molecular weight excluding hydrogens is 372 g/mol. The molecule has 0 aromatic heterocycles. The van der Waals surface area contributed by atoms with E-state index in [1.54, 1.807) is 4.90 Å². The number of rotatable bonds is 8. The lowest BCUT2D eigenvalue weighted by Gasteiger charge is -2.22. The number of aryl methyl sites for hydroxylation is 1. The molecular formula is C26H28N2O2. The van der Waals surface area contributed by atoms with Crippen molar-refractivity contribution in [3.8, 4) is 5.75 Å². The minimum Gasteiger partial charge on any atom is -0.494 e. The summed E-state index contributed by atoms with van der Waals surface area (Å²) in [5.41, 5.74) is 3.92. The highest BCUT2D eigenvalue weighted by Crippen LogP contribution is 2.21. The number of nitrogens with zero attached hydrogens (tertiary/aromatic N) is 1. The number of carbonyl (C=O) groups excluding carboxylic acids is 1. The number of benzene rings is 3. The fraction of sp³-hybridized carbons (Fsp3) is 0.192. The lowest BCUT2D eigenvalue weighted by atomic mass is 10.1. The molecule has 0 saturated carbocycles. The van der Waals surface area contributed by atoms with Crippen molar-refractivity contribution in [3.63, 3.8) is 0 Å². The maximum atomic E-state index is 13.1. The third-order valence-corrected chi connectivity index (χ3v) is 4.72. The molecule has 3 rings (SSSR count). The third-order valence-electron chi connectivity index (χ3n) is 4.72. The molecule has 0 bridgehead atoms. The monoisotopic (exact) mass is 400 g/mol. The summed E-state index contributed by atoms with van der Waals surface area (Å²) in [5, 5.41) is 3.00. The van der Waals surface area contributed by atoms with Gasteiger partial charge in [-0.1, -0.05) is 61.5 Å². The molecule has 3 aromatic carbocycles. The van der Waals surface area contributed by atoms with Gasteiger partial charge in [0.25, 0.3) is 0 Å². The minimum atomic E-state index is -0.180. The van der Waals surface area contributed by atoms with Crippen molar-refractivity contribution < 1.29 is 9.53 Å². The average Bonchev–Trinajstić information content (AvgIpc) is 2.79. The second kappa shape index (κ2) is 10.9. The van der Waals surface area contributed by atoms with Crippen molar-refractivity contribution in [1.29, 1.82) is 0 Å². The highest BCUT2D eigenvalue weighted by molar-refractivity contribution is 6.02. The topological polar surface area (TPSA) is 41.6 Å². The van der Waals surface area contributed by atoms with E-state index in [2.05, 4.69) is 12.2 Å². The van der Waals surface area contributed by atoms with Gasteiger partial charge < -0.3 is 10.1 Å². The van der Waals surface area contributed by atoms with Crippen molar-refractivity contribution in [2.45, 2.75) is 20.3 Å². The van der Waals surface area contributed by atoms with Crippen molar-refractivity contribution >= 4 is 23.5 Å². The van der Waals surface area contributed by atoms with Gasteiger partial charge in [-0.25, -0.2) is 4.79 Å². The fourth-order valence-electron chi connectivity index (χ4n) is 3.07. The second-order valence-corrected chi connectivity index (χ2v) is 6.83. The van der Waals surface area contributed by atoms with E-state index in [-0.39, 0.29) is 6.03 Å². The normalized spacial score (nSPS) is 10.7. The first kappa shape index (κ1) is 21.2. The van der Waals surface area contributed by atoms with Gasteiger partial charge in [0, 0.05) is 17.9 Å².